The van der Waals surface area contributed by atoms with E-state index in [1.54, 1.807) is 35.0 Å². The molecule has 1 heterocycles. The molecular weight excluding hydrogens is 380 g/mol. The van der Waals surface area contributed by atoms with Gasteiger partial charge in [0, 0.05) is 32.9 Å². The molecule has 0 fully saturated rings. The van der Waals surface area contributed by atoms with Gasteiger partial charge in [0.2, 0.25) is 21.8 Å². The van der Waals surface area contributed by atoms with E-state index in [9.17, 15) is 18.0 Å². The Bertz CT molecular complexity index is 823. The first-order valence-electron chi connectivity index (χ1n) is 9.48. The van der Waals surface area contributed by atoms with Gasteiger partial charge in [0.1, 0.15) is 0 Å². The summed E-state index contributed by atoms with van der Waals surface area (Å²) in [6, 6.07) is 4.91. The Balaban J connectivity index is 2.11. The number of fused-ring (bicyclic) bond motifs is 1. The Morgan fingerprint density at radius 1 is 1.18 bits per heavy atom. The Labute approximate surface area is 167 Å². The van der Waals surface area contributed by atoms with Gasteiger partial charge in [-0.2, -0.15) is 0 Å². The maximum atomic E-state index is 12.8. The molecular formula is C19H30N4O4S. The average Bonchev–Trinajstić information content (AvgIpc) is 2.64. The fourth-order valence-electron chi connectivity index (χ4n) is 3.14. The van der Waals surface area contributed by atoms with Crippen molar-refractivity contribution in [3.63, 3.8) is 0 Å². The van der Waals surface area contributed by atoms with E-state index >= 15 is 0 Å². The lowest BCUT2D eigenvalue weighted by Gasteiger charge is -2.31. The molecule has 0 unspecified atom stereocenters. The van der Waals surface area contributed by atoms with Gasteiger partial charge >= 0.3 is 0 Å². The maximum absolute atomic E-state index is 12.8. The number of benzene rings is 1. The second-order valence-corrected chi connectivity index (χ2v) is 9.40. The van der Waals surface area contributed by atoms with Gasteiger partial charge in [-0.05, 0) is 50.1 Å². The molecule has 1 aromatic rings. The number of hydrogen-bond donors (Lipinski definition) is 1. The highest BCUT2D eigenvalue weighted by atomic mass is 32.2. The van der Waals surface area contributed by atoms with Crippen LogP contribution in [0.2, 0.25) is 0 Å². The van der Waals surface area contributed by atoms with E-state index in [1.807, 2.05) is 6.92 Å². The van der Waals surface area contributed by atoms with E-state index in [2.05, 4.69) is 5.32 Å². The first kappa shape index (κ1) is 22.3. The summed E-state index contributed by atoms with van der Waals surface area (Å²) >= 11 is 0. The monoisotopic (exact) mass is 410 g/mol. The van der Waals surface area contributed by atoms with E-state index in [0.717, 1.165) is 30.5 Å². The Morgan fingerprint density at radius 3 is 2.54 bits per heavy atom. The van der Waals surface area contributed by atoms with Crippen LogP contribution in [-0.4, -0.2) is 76.8 Å². The number of carbonyl (C=O) groups excluding carboxylic acids is 2. The standard InChI is InChI=1S/C19H30N4O4S/c1-5-10-20-18(24)13-22(4)14-19(25)23-11-6-7-15-12-16(8-9-17(15)23)28(26,27)21(2)3/h8-9,12H,5-7,10-11,13-14H2,1-4H3,(H,20,24). The minimum absolute atomic E-state index is 0.102. The van der Waals surface area contributed by atoms with E-state index in [-0.39, 0.29) is 29.8 Å². The molecule has 0 saturated heterocycles. The number of nitrogens with one attached hydrogen (secondary N) is 1. The molecule has 8 nitrogen and oxygen atoms in total. The molecule has 1 aliphatic heterocycles. The highest BCUT2D eigenvalue weighted by Gasteiger charge is 2.26. The van der Waals surface area contributed by atoms with Gasteiger partial charge in [-0.15, -0.1) is 0 Å². The van der Waals surface area contributed by atoms with Crippen LogP contribution in [0.15, 0.2) is 23.1 Å². The fourth-order valence-corrected chi connectivity index (χ4v) is 4.09. The largest absolute Gasteiger partial charge is 0.355 e. The van der Waals surface area contributed by atoms with E-state index in [1.165, 1.54) is 18.4 Å². The number of rotatable bonds is 8. The summed E-state index contributed by atoms with van der Waals surface area (Å²) in [6.45, 7) is 3.47. The smallest absolute Gasteiger partial charge is 0.242 e. The topological polar surface area (TPSA) is 90.0 Å². The lowest BCUT2D eigenvalue weighted by atomic mass is 10.0. The minimum atomic E-state index is -3.51. The van der Waals surface area contributed by atoms with Crippen molar-refractivity contribution in [2.45, 2.75) is 31.1 Å². The third kappa shape index (κ3) is 5.30. The predicted octanol–water partition coefficient (Wildman–Crippen LogP) is 0.674. The van der Waals surface area contributed by atoms with Crippen molar-refractivity contribution in [2.75, 3.05) is 52.2 Å². The highest BCUT2D eigenvalue weighted by Crippen LogP contribution is 2.30. The minimum Gasteiger partial charge on any atom is -0.355 e. The molecule has 0 aliphatic carbocycles. The van der Waals surface area contributed by atoms with Crippen LogP contribution in [0.4, 0.5) is 5.69 Å². The number of likely N-dealkylation sites (N-methyl/N-ethyl adjacent to an activating group) is 1. The number of amides is 2. The van der Waals surface area contributed by atoms with Crippen molar-refractivity contribution < 1.29 is 18.0 Å². The average molecular weight is 411 g/mol. The zero-order chi connectivity index (χ0) is 20.9. The number of nitrogens with zero attached hydrogens (tertiary/aromatic N) is 3. The van der Waals surface area contributed by atoms with Crippen molar-refractivity contribution in [1.29, 1.82) is 0 Å². The molecule has 1 aliphatic rings. The molecule has 0 bridgehead atoms. The first-order chi connectivity index (χ1) is 13.2. The zero-order valence-electron chi connectivity index (χ0n) is 17.1. The van der Waals surface area contributed by atoms with Gasteiger partial charge in [-0.1, -0.05) is 6.92 Å². The maximum Gasteiger partial charge on any atom is 0.242 e. The van der Waals surface area contributed by atoms with Crippen LogP contribution in [0.25, 0.3) is 0 Å². The van der Waals surface area contributed by atoms with E-state index in [0.29, 0.717) is 13.1 Å². The quantitative estimate of drug-likeness (QED) is 0.681. The molecule has 28 heavy (non-hydrogen) atoms. The van der Waals surface area contributed by atoms with Crippen molar-refractivity contribution >= 4 is 27.5 Å². The molecule has 9 heteroatoms. The van der Waals surface area contributed by atoms with E-state index < -0.39 is 10.0 Å². The zero-order valence-corrected chi connectivity index (χ0v) is 17.9. The Morgan fingerprint density at radius 2 is 1.89 bits per heavy atom. The molecule has 0 radical (unpaired) electrons. The molecule has 1 N–H and O–H groups in total. The van der Waals surface area contributed by atoms with Crippen LogP contribution < -0.4 is 10.2 Å². The number of anilines is 1. The second kappa shape index (κ2) is 9.49. The number of hydrogen-bond acceptors (Lipinski definition) is 5. The fraction of sp³-hybridized carbons (Fsp3) is 0.579. The summed E-state index contributed by atoms with van der Waals surface area (Å²) in [7, 11) is 1.22. The van der Waals surface area contributed by atoms with Crippen molar-refractivity contribution in [3.05, 3.63) is 23.8 Å². The van der Waals surface area contributed by atoms with Crippen molar-refractivity contribution in [3.8, 4) is 0 Å². The van der Waals surface area contributed by atoms with Gasteiger partial charge in [-0.25, -0.2) is 12.7 Å². The van der Waals surface area contributed by atoms with Crippen LogP contribution in [-0.2, 0) is 26.0 Å². The van der Waals surface area contributed by atoms with Crippen LogP contribution in [0, 0.1) is 0 Å². The lowest BCUT2D eigenvalue weighted by molar-refractivity contribution is -0.123. The van der Waals surface area contributed by atoms with Crippen molar-refractivity contribution in [1.82, 2.24) is 14.5 Å². The van der Waals surface area contributed by atoms with Gasteiger partial charge < -0.3 is 10.2 Å². The van der Waals surface area contributed by atoms with Gasteiger partial charge in [0.05, 0.1) is 18.0 Å². The van der Waals surface area contributed by atoms with Gasteiger partial charge in [0.15, 0.2) is 0 Å². The van der Waals surface area contributed by atoms with Gasteiger partial charge in [-0.3, -0.25) is 14.5 Å². The summed E-state index contributed by atoms with van der Waals surface area (Å²) in [5, 5.41) is 2.79. The third-order valence-corrected chi connectivity index (χ3v) is 6.45. The lowest BCUT2D eigenvalue weighted by Crippen LogP contribution is -2.44. The highest BCUT2D eigenvalue weighted by molar-refractivity contribution is 7.89. The molecule has 156 valence electrons. The normalized spacial score (nSPS) is 14.3. The SMILES string of the molecule is CCCNC(=O)CN(C)CC(=O)N1CCCc2cc(S(=O)(=O)N(C)C)ccc21. The van der Waals surface area contributed by atoms with Crippen LogP contribution >= 0.6 is 0 Å². The molecule has 2 amide bonds. The number of sulfonamides is 1. The van der Waals surface area contributed by atoms with Gasteiger partial charge in [0.25, 0.3) is 0 Å². The molecule has 0 spiro atoms. The molecule has 0 saturated carbocycles. The van der Waals surface area contributed by atoms with E-state index in [4.69, 9.17) is 0 Å². The van der Waals surface area contributed by atoms with Crippen molar-refractivity contribution in [2.24, 2.45) is 0 Å². The number of aryl methyl sites for hydroxylation is 1. The molecule has 1 aromatic carbocycles. The van der Waals surface area contributed by atoms with Crippen LogP contribution in [0.5, 0.6) is 0 Å². The number of carbonyl (C=O) groups is 2. The second-order valence-electron chi connectivity index (χ2n) is 7.25. The Kier molecular flexibility index (Phi) is 7.56. The van der Waals surface area contributed by atoms with Crippen LogP contribution in [0.1, 0.15) is 25.3 Å². The first-order valence-corrected chi connectivity index (χ1v) is 10.9. The molecule has 2 rings (SSSR count). The summed E-state index contributed by atoms with van der Waals surface area (Å²) in [5.41, 5.74) is 1.60. The molecule has 0 aromatic heterocycles. The Hall–Kier alpha value is -1.97. The predicted molar refractivity (Wildman–Crippen MR) is 109 cm³/mol. The third-order valence-electron chi connectivity index (χ3n) is 4.64. The summed E-state index contributed by atoms with van der Waals surface area (Å²) < 4.78 is 25.9. The van der Waals surface area contributed by atoms with Crippen LogP contribution in [0.3, 0.4) is 0 Å². The summed E-state index contributed by atoms with van der Waals surface area (Å²) in [6.07, 6.45) is 2.36. The summed E-state index contributed by atoms with van der Waals surface area (Å²) in [5.74, 6) is -0.204. The summed E-state index contributed by atoms with van der Waals surface area (Å²) in [4.78, 5) is 28.2. The molecule has 0 atom stereocenters.